The summed E-state index contributed by atoms with van der Waals surface area (Å²) in [5.41, 5.74) is 1.40. The summed E-state index contributed by atoms with van der Waals surface area (Å²) in [6.45, 7) is 11.2. The van der Waals surface area contributed by atoms with Gasteiger partial charge in [0.25, 0.3) is 0 Å². The van der Waals surface area contributed by atoms with Crippen molar-refractivity contribution in [2.24, 2.45) is 5.92 Å². The maximum Gasteiger partial charge on any atom is 0.0332 e. The van der Waals surface area contributed by atoms with E-state index >= 15 is 0 Å². The van der Waals surface area contributed by atoms with E-state index in [1.54, 1.807) is 0 Å². The highest BCUT2D eigenvalue weighted by Crippen LogP contribution is 2.18. The fourth-order valence-electron chi connectivity index (χ4n) is 2.36. The van der Waals surface area contributed by atoms with Crippen LogP contribution < -0.4 is 5.32 Å². The second-order valence-electron chi connectivity index (χ2n) is 5.77. The molecule has 0 fully saturated rings. The molecule has 0 aliphatic carbocycles. The molecule has 0 radical (unpaired) electrons. The van der Waals surface area contributed by atoms with Crippen LogP contribution in [0.1, 0.15) is 45.7 Å². The number of hydrogen-bond donors (Lipinski definition) is 1. The molecule has 2 heteroatoms. The minimum Gasteiger partial charge on any atom is -0.310 e. The molecular formula is C17H30N2. The molecule has 108 valence electrons. The topological polar surface area (TPSA) is 15.3 Å². The van der Waals surface area contributed by atoms with Gasteiger partial charge in [0.15, 0.2) is 0 Å². The van der Waals surface area contributed by atoms with Crippen molar-refractivity contribution in [2.45, 2.75) is 46.2 Å². The molecule has 0 saturated carbocycles. The van der Waals surface area contributed by atoms with E-state index in [0.717, 1.165) is 19.5 Å². The van der Waals surface area contributed by atoms with E-state index in [9.17, 15) is 0 Å². The molecule has 0 aromatic heterocycles. The van der Waals surface area contributed by atoms with Gasteiger partial charge >= 0.3 is 0 Å². The monoisotopic (exact) mass is 262 g/mol. The molecule has 0 amide bonds. The normalized spacial score (nSPS) is 14.9. The summed E-state index contributed by atoms with van der Waals surface area (Å²) in [5, 5.41) is 3.60. The van der Waals surface area contributed by atoms with Gasteiger partial charge in [-0.1, -0.05) is 51.1 Å². The second kappa shape index (κ2) is 8.34. The van der Waals surface area contributed by atoms with Crippen molar-refractivity contribution in [3.05, 3.63) is 35.9 Å². The molecule has 1 aromatic carbocycles. The van der Waals surface area contributed by atoms with Crippen LogP contribution in [0.4, 0.5) is 0 Å². The van der Waals surface area contributed by atoms with Gasteiger partial charge in [0.05, 0.1) is 0 Å². The van der Waals surface area contributed by atoms with Gasteiger partial charge in [0.2, 0.25) is 0 Å². The Kier molecular flexibility index (Phi) is 7.11. The third-order valence-electron chi connectivity index (χ3n) is 4.08. The molecule has 0 heterocycles. The molecule has 2 nitrogen and oxygen atoms in total. The van der Waals surface area contributed by atoms with Crippen LogP contribution in [0, 0.1) is 5.92 Å². The van der Waals surface area contributed by atoms with Crippen LogP contribution in [0.25, 0.3) is 0 Å². The first-order valence-electron chi connectivity index (χ1n) is 7.54. The number of hydrogen-bond acceptors (Lipinski definition) is 2. The van der Waals surface area contributed by atoms with Crippen molar-refractivity contribution in [3.8, 4) is 0 Å². The van der Waals surface area contributed by atoms with E-state index in [0.29, 0.717) is 18.0 Å². The lowest BCUT2D eigenvalue weighted by Gasteiger charge is -2.29. The summed E-state index contributed by atoms with van der Waals surface area (Å²) < 4.78 is 0. The van der Waals surface area contributed by atoms with E-state index in [1.165, 1.54) is 5.56 Å². The zero-order valence-corrected chi connectivity index (χ0v) is 13.2. The molecule has 1 N–H and O–H groups in total. The molecule has 2 atom stereocenters. The molecule has 2 unspecified atom stereocenters. The minimum absolute atomic E-state index is 0.466. The molecule has 0 aliphatic rings. The smallest absolute Gasteiger partial charge is 0.0332 e. The van der Waals surface area contributed by atoms with E-state index in [2.05, 4.69) is 75.3 Å². The Morgan fingerprint density at radius 1 is 1.11 bits per heavy atom. The molecule has 0 aliphatic heterocycles. The van der Waals surface area contributed by atoms with Gasteiger partial charge in [-0.3, -0.25) is 0 Å². The fourth-order valence-corrected chi connectivity index (χ4v) is 2.36. The summed E-state index contributed by atoms with van der Waals surface area (Å²) in [5.74, 6) is 0.708. The predicted octanol–water partition coefficient (Wildman–Crippen LogP) is 3.70. The van der Waals surface area contributed by atoms with Crippen molar-refractivity contribution < 1.29 is 0 Å². The van der Waals surface area contributed by atoms with Gasteiger partial charge in [-0.2, -0.15) is 0 Å². The van der Waals surface area contributed by atoms with E-state index in [4.69, 9.17) is 0 Å². The fraction of sp³-hybridized carbons (Fsp3) is 0.647. The summed E-state index contributed by atoms with van der Waals surface area (Å²) in [4.78, 5) is 2.47. The molecular weight excluding hydrogens is 232 g/mol. The van der Waals surface area contributed by atoms with E-state index in [1.807, 2.05) is 0 Å². The number of benzene rings is 1. The average molecular weight is 262 g/mol. The summed E-state index contributed by atoms with van der Waals surface area (Å²) in [6.07, 6.45) is 1.16. The van der Waals surface area contributed by atoms with E-state index in [-0.39, 0.29) is 0 Å². The lowest BCUT2D eigenvalue weighted by molar-refractivity contribution is 0.198. The second-order valence-corrected chi connectivity index (χ2v) is 5.77. The molecule has 1 aromatic rings. The van der Waals surface area contributed by atoms with Gasteiger partial charge in [-0.15, -0.1) is 0 Å². The summed E-state index contributed by atoms with van der Waals surface area (Å²) >= 11 is 0. The van der Waals surface area contributed by atoms with Crippen LogP contribution in [0.5, 0.6) is 0 Å². The Morgan fingerprint density at radius 3 is 2.26 bits per heavy atom. The molecule has 0 spiro atoms. The SMILES string of the molecule is CCNC(CCN(C)C(C)C(C)C)c1ccccc1. The third kappa shape index (κ3) is 5.33. The van der Waals surface area contributed by atoms with Crippen molar-refractivity contribution in [1.82, 2.24) is 10.2 Å². The number of rotatable bonds is 8. The Bertz CT molecular complexity index is 334. The standard InChI is InChI=1S/C17H30N2/c1-6-18-17(16-10-8-7-9-11-16)12-13-19(5)15(4)14(2)3/h7-11,14-15,17-18H,6,12-13H2,1-5H3. The predicted molar refractivity (Wildman–Crippen MR) is 84.4 cm³/mol. The average Bonchev–Trinajstić information content (AvgIpc) is 2.43. The van der Waals surface area contributed by atoms with Crippen LogP contribution in [-0.4, -0.2) is 31.1 Å². The highest BCUT2D eigenvalue weighted by Gasteiger charge is 2.15. The Balaban J connectivity index is 2.55. The quantitative estimate of drug-likeness (QED) is 0.768. The Morgan fingerprint density at radius 2 is 1.74 bits per heavy atom. The summed E-state index contributed by atoms with van der Waals surface area (Å²) in [7, 11) is 2.23. The number of nitrogens with one attached hydrogen (secondary N) is 1. The first-order chi connectivity index (χ1) is 9.06. The number of nitrogens with zero attached hydrogens (tertiary/aromatic N) is 1. The van der Waals surface area contributed by atoms with Crippen LogP contribution in [-0.2, 0) is 0 Å². The van der Waals surface area contributed by atoms with Crippen molar-refractivity contribution >= 4 is 0 Å². The lowest BCUT2D eigenvalue weighted by Crippen LogP contribution is -2.35. The zero-order chi connectivity index (χ0) is 14.3. The first-order valence-corrected chi connectivity index (χ1v) is 7.54. The van der Waals surface area contributed by atoms with Gasteiger partial charge in [0, 0.05) is 12.1 Å². The third-order valence-corrected chi connectivity index (χ3v) is 4.08. The minimum atomic E-state index is 0.466. The van der Waals surface area contributed by atoms with Crippen molar-refractivity contribution in [2.75, 3.05) is 20.1 Å². The maximum atomic E-state index is 3.60. The van der Waals surface area contributed by atoms with Gasteiger partial charge in [0.1, 0.15) is 0 Å². The van der Waals surface area contributed by atoms with Crippen LogP contribution in [0.3, 0.4) is 0 Å². The largest absolute Gasteiger partial charge is 0.310 e. The molecule has 0 saturated heterocycles. The van der Waals surface area contributed by atoms with Crippen molar-refractivity contribution in [1.29, 1.82) is 0 Å². The van der Waals surface area contributed by atoms with Crippen molar-refractivity contribution in [3.63, 3.8) is 0 Å². The Labute approximate surface area is 119 Å². The van der Waals surface area contributed by atoms with Gasteiger partial charge in [-0.25, -0.2) is 0 Å². The highest BCUT2D eigenvalue weighted by molar-refractivity contribution is 5.18. The maximum absolute atomic E-state index is 3.60. The van der Waals surface area contributed by atoms with Crippen LogP contribution in [0.15, 0.2) is 30.3 Å². The summed E-state index contributed by atoms with van der Waals surface area (Å²) in [6, 6.07) is 11.9. The first kappa shape index (κ1) is 16.2. The van der Waals surface area contributed by atoms with Crippen LogP contribution >= 0.6 is 0 Å². The molecule has 19 heavy (non-hydrogen) atoms. The highest BCUT2D eigenvalue weighted by atomic mass is 15.1. The lowest BCUT2D eigenvalue weighted by atomic mass is 10.0. The van der Waals surface area contributed by atoms with E-state index < -0.39 is 0 Å². The van der Waals surface area contributed by atoms with Gasteiger partial charge < -0.3 is 10.2 Å². The molecule has 1 rings (SSSR count). The Hall–Kier alpha value is -0.860. The van der Waals surface area contributed by atoms with Gasteiger partial charge in [-0.05, 0) is 45.0 Å². The molecule has 0 bridgehead atoms. The van der Waals surface area contributed by atoms with Crippen LogP contribution in [0.2, 0.25) is 0 Å². The zero-order valence-electron chi connectivity index (χ0n) is 13.2.